The molecule has 7 heteroatoms. The molecule has 1 heterocycles. The molecule has 1 fully saturated rings. The maximum absolute atomic E-state index is 12.6. The Labute approximate surface area is 139 Å². The van der Waals surface area contributed by atoms with E-state index in [1.807, 2.05) is 18.2 Å². The van der Waals surface area contributed by atoms with Crippen molar-refractivity contribution < 1.29 is 34.7 Å². The van der Waals surface area contributed by atoms with E-state index in [-0.39, 0.29) is 11.7 Å². The van der Waals surface area contributed by atoms with Gasteiger partial charge in [-0.15, -0.1) is 0 Å². The third-order valence-corrected chi connectivity index (χ3v) is 4.68. The molecule has 24 heavy (non-hydrogen) atoms. The molecular formula is C17H22O7. The van der Waals surface area contributed by atoms with E-state index in [2.05, 4.69) is 0 Å². The number of aliphatic hydroxyl groups excluding tert-OH is 4. The molecule has 0 aromatic rings. The SMILES string of the molecule is O=C1[C@H]2C=CC=C[C@@H]1[C@H](O[C@H]1O[C@H](CO)[C@@H](O)[C@H](O)[C@H]1O)C=CC2. The Kier molecular flexibility index (Phi) is 5.29. The molecule has 2 bridgehead atoms. The molecular weight excluding hydrogens is 316 g/mol. The van der Waals surface area contributed by atoms with Crippen LogP contribution in [-0.2, 0) is 14.3 Å². The summed E-state index contributed by atoms with van der Waals surface area (Å²) in [5, 5.41) is 39.0. The average molecular weight is 338 g/mol. The lowest BCUT2D eigenvalue weighted by Gasteiger charge is -2.41. The highest BCUT2D eigenvalue weighted by Crippen LogP contribution is 2.30. The van der Waals surface area contributed by atoms with Gasteiger partial charge in [0, 0.05) is 5.92 Å². The highest BCUT2D eigenvalue weighted by Gasteiger charge is 2.45. The Hall–Kier alpha value is -1.35. The van der Waals surface area contributed by atoms with E-state index in [9.17, 15) is 25.2 Å². The summed E-state index contributed by atoms with van der Waals surface area (Å²) in [6.07, 6.45) is 3.95. The molecule has 0 amide bonds. The minimum atomic E-state index is -1.51. The molecule has 4 N–H and O–H groups in total. The monoisotopic (exact) mass is 338 g/mol. The van der Waals surface area contributed by atoms with Crippen LogP contribution in [0.15, 0.2) is 36.5 Å². The number of hydrogen-bond donors (Lipinski definition) is 4. The second-order valence-corrected chi connectivity index (χ2v) is 6.27. The first kappa shape index (κ1) is 17.5. The van der Waals surface area contributed by atoms with Gasteiger partial charge in [0.2, 0.25) is 0 Å². The van der Waals surface area contributed by atoms with Crippen molar-refractivity contribution in [3.63, 3.8) is 0 Å². The summed E-state index contributed by atoms with van der Waals surface area (Å²) in [5.41, 5.74) is 0. The van der Waals surface area contributed by atoms with E-state index in [0.29, 0.717) is 6.42 Å². The van der Waals surface area contributed by atoms with Crippen LogP contribution in [0.25, 0.3) is 0 Å². The molecule has 0 saturated carbocycles. The van der Waals surface area contributed by atoms with Gasteiger partial charge in [-0.1, -0.05) is 36.5 Å². The third kappa shape index (κ3) is 3.23. The predicted molar refractivity (Wildman–Crippen MR) is 82.7 cm³/mol. The number of carbonyl (C=O) groups excluding carboxylic acids is 1. The third-order valence-electron chi connectivity index (χ3n) is 4.68. The van der Waals surface area contributed by atoms with Gasteiger partial charge in [0.05, 0.1) is 18.6 Å². The van der Waals surface area contributed by atoms with E-state index in [0.717, 1.165) is 0 Å². The second kappa shape index (κ2) is 7.26. The number of carbonyl (C=O) groups is 1. The van der Waals surface area contributed by atoms with Gasteiger partial charge >= 0.3 is 0 Å². The Morgan fingerprint density at radius 3 is 2.58 bits per heavy atom. The molecule has 3 rings (SSSR count). The van der Waals surface area contributed by atoms with Crippen LogP contribution in [0, 0.1) is 11.8 Å². The van der Waals surface area contributed by atoms with Gasteiger partial charge in [-0.05, 0) is 6.42 Å². The number of allylic oxidation sites excluding steroid dienone is 4. The molecule has 1 aliphatic heterocycles. The molecule has 1 saturated heterocycles. The Bertz CT molecular complexity index is 553. The molecule has 0 radical (unpaired) electrons. The molecule has 2 aliphatic carbocycles. The van der Waals surface area contributed by atoms with E-state index in [1.54, 1.807) is 18.2 Å². The lowest BCUT2D eigenvalue weighted by Crippen LogP contribution is -2.60. The summed E-state index contributed by atoms with van der Waals surface area (Å²) in [6, 6.07) is 0. The zero-order chi connectivity index (χ0) is 17.3. The first-order valence-electron chi connectivity index (χ1n) is 8.04. The van der Waals surface area contributed by atoms with Crippen LogP contribution in [0.1, 0.15) is 6.42 Å². The normalized spacial score (nSPS) is 45.1. The van der Waals surface area contributed by atoms with E-state index >= 15 is 0 Å². The van der Waals surface area contributed by atoms with Crippen molar-refractivity contribution in [1.29, 1.82) is 0 Å². The molecule has 0 aromatic heterocycles. The van der Waals surface area contributed by atoms with Crippen LogP contribution in [0.3, 0.4) is 0 Å². The van der Waals surface area contributed by atoms with E-state index in [1.165, 1.54) is 0 Å². The second-order valence-electron chi connectivity index (χ2n) is 6.27. The van der Waals surface area contributed by atoms with Crippen molar-refractivity contribution in [2.75, 3.05) is 6.61 Å². The Morgan fingerprint density at radius 1 is 1.08 bits per heavy atom. The number of ketones is 1. The van der Waals surface area contributed by atoms with Crippen LogP contribution in [-0.4, -0.2) is 69.6 Å². The Morgan fingerprint density at radius 2 is 1.83 bits per heavy atom. The van der Waals surface area contributed by atoms with Crippen molar-refractivity contribution in [2.45, 2.75) is 43.2 Å². The largest absolute Gasteiger partial charge is 0.394 e. The number of aliphatic hydroxyl groups is 4. The molecule has 3 aliphatic rings. The van der Waals surface area contributed by atoms with Crippen LogP contribution < -0.4 is 0 Å². The predicted octanol–water partition coefficient (Wildman–Crippen LogP) is -0.941. The van der Waals surface area contributed by atoms with Gasteiger partial charge in [-0.3, -0.25) is 4.79 Å². The highest BCUT2D eigenvalue weighted by molar-refractivity contribution is 5.88. The first-order chi connectivity index (χ1) is 11.5. The smallest absolute Gasteiger partial charge is 0.187 e. The average Bonchev–Trinajstić information content (AvgIpc) is 2.85. The van der Waals surface area contributed by atoms with E-state index in [4.69, 9.17) is 9.47 Å². The van der Waals surface area contributed by atoms with Crippen LogP contribution in [0.5, 0.6) is 0 Å². The van der Waals surface area contributed by atoms with E-state index < -0.39 is 49.3 Å². The van der Waals surface area contributed by atoms with Gasteiger partial charge in [0.1, 0.15) is 30.2 Å². The zero-order valence-electron chi connectivity index (χ0n) is 13.0. The number of rotatable bonds is 3. The number of Topliss-reactive ketones (excluding diaryl/α,β-unsaturated/α-hetero) is 1. The Balaban J connectivity index is 1.78. The number of fused-ring (bicyclic) bond motifs is 2. The fraction of sp³-hybridized carbons (Fsp3) is 0.588. The van der Waals surface area contributed by atoms with Crippen LogP contribution >= 0.6 is 0 Å². The van der Waals surface area contributed by atoms with Crippen molar-refractivity contribution in [2.24, 2.45) is 11.8 Å². The summed E-state index contributed by atoms with van der Waals surface area (Å²) in [4.78, 5) is 12.6. The standard InChI is InChI=1S/C17H22O7/c18-8-12-14(20)15(21)16(22)17(24-12)23-11-7-3-5-9-4-1-2-6-10(11)13(9)19/h1-4,6-7,9-12,14-18,20-22H,5,8H2/t9-,10+,11+,12+,14+,15-,16+,17-/m0/s1. The summed E-state index contributed by atoms with van der Waals surface area (Å²) < 4.78 is 11.1. The van der Waals surface area contributed by atoms with Crippen molar-refractivity contribution in [1.82, 2.24) is 0 Å². The van der Waals surface area contributed by atoms with Crippen molar-refractivity contribution >= 4 is 5.78 Å². The summed E-state index contributed by atoms with van der Waals surface area (Å²) in [5.74, 6) is -0.736. The molecule has 132 valence electrons. The minimum Gasteiger partial charge on any atom is -0.394 e. The van der Waals surface area contributed by atoms with Gasteiger partial charge in [0.15, 0.2) is 6.29 Å². The maximum atomic E-state index is 12.6. The number of ether oxygens (including phenoxy) is 2. The maximum Gasteiger partial charge on any atom is 0.187 e. The topological polar surface area (TPSA) is 116 Å². The fourth-order valence-corrected chi connectivity index (χ4v) is 3.23. The summed E-state index contributed by atoms with van der Waals surface area (Å²) >= 11 is 0. The first-order valence-corrected chi connectivity index (χ1v) is 8.04. The van der Waals surface area contributed by atoms with Crippen molar-refractivity contribution in [3.8, 4) is 0 Å². The summed E-state index contributed by atoms with van der Waals surface area (Å²) in [7, 11) is 0. The molecule has 7 nitrogen and oxygen atoms in total. The molecule has 0 spiro atoms. The number of hydrogen-bond acceptors (Lipinski definition) is 7. The zero-order valence-corrected chi connectivity index (χ0v) is 13.0. The van der Waals surface area contributed by atoms with Crippen LogP contribution in [0.2, 0.25) is 0 Å². The lowest BCUT2D eigenvalue weighted by molar-refractivity contribution is -0.309. The lowest BCUT2D eigenvalue weighted by atomic mass is 9.90. The van der Waals surface area contributed by atoms with Gasteiger partial charge in [-0.25, -0.2) is 0 Å². The molecule has 0 aromatic carbocycles. The quantitative estimate of drug-likeness (QED) is 0.491. The van der Waals surface area contributed by atoms with Crippen molar-refractivity contribution in [3.05, 3.63) is 36.5 Å². The molecule has 8 atom stereocenters. The highest BCUT2D eigenvalue weighted by atomic mass is 16.7. The minimum absolute atomic E-state index is 0.0135. The van der Waals surface area contributed by atoms with Gasteiger partial charge in [-0.2, -0.15) is 0 Å². The van der Waals surface area contributed by atoms with Gasteiger partial charge < -0.3 is 29.9 Å². The molecule has 0 unspecified atom stereocenters. The van der Waals surface area contributed by atoms with Crippen LogP contribution in [0.4, 0.5) is 0 Å². The van der Waals surface area contributed by atoms with Gasteiger partial charge in [0.25, 0.3) is 0 Å². The fourth-order valence-electron chi connectivity index (χ4n) is 3.23. The summed E-state index contributed by atoms with van der Waals surface area (Å²) in [6.45, 7) is -0.528.